The Morgan fingerprint density at radius 1 is 1.06 bits per heavy atom. The summed E-state index contributed by atoms with van der Waals surface area (Å²) < 4.78 is 0. The van der Waals surface area contributed by atoms with E-state index in [2.05, 4.69) is 69.0 Å². The number of rotatable bonds is 4. The van der Waals surface area contributed by atoms with Gasteiger partial charge in [0.05, 0.1) is 0 Å². The van der Waals surface area contributed by atoms with Crippen molar-refractivity contribution in [1.82, 2.24) is 10.3 Å². The summed E-state index contributed by atoms with van der Waals surface area (Å²) in [7, 11) is 0. The second kappa shape index (κ2) is 14.3. The summed E-state index contributed by atoms with van der Waals surface area (Å²) in [6, 6.07) is 6.94. The normalized spacial score (nSPS) is 16.1. The standard InChI is InChI=1S/C15H19N5O.C9H19N.2C2H2/c1-9(8-16)20-11-2-3-12(14(21)7-11)13(17)6-10-4-5-19-15(10)18;1-8(2)6-5-7-9(3,4)10-8;2*1-2/h2-8,19-21H,16-18H2,1H3;10H,5-7H2,1-4H3;2*1-2H/b9-8-,13-6-;;;. The molecule has 0 unspecified atom stereocenters. The lowest BCUT2D eigenvalue weighted by Gasteiger charge is -2.42. The van der Waals surface area contributed by atoms with E-state index in [1.807, 2.05) is 19.1 Å². The van der Waals surface area contributed by atoms with Crippen LogP contribution in [-0.2, 0) is 0 Å². The minimum absolute atomic E-state index is 0.0766. The van der Waals surface area contributed by atoms with Gasteiger partial charge >= 0.3 is 0 Å². The number of benzene rings is 1. The smallest absolute Gasteiger partial charge is 0.126 e. The van der Waals surface area contributed by atoms with Crippen LogP contribution in [-0.4, -0.2) is 21.2 Å². The summed E-state index contributed by atoms with van der Waals surface area (Å²) in [5.74, 6) is 0.604. The second-order valence-electron chi connectivity index (χ2n) is 9.40. The molecule has 0 spiro atoms. The van der Waals surface area contributed by atoms with Crippen molar-refractivity contribution in [2.75, 3.05) is 11.1 Å². The van der Waals surface area contributed by atoms with Gasteiger partial charge in [0, 0.05) is 57.7 Å². The highest BCUT2D eigenvalue weighted by Gasteiger charge is 2.31. The molecule has 1 aromatic carbocycles. The van der Waals surface area contributed by atoms with Gasteiger partial charge in [0.15, 0.2) is 0 Å². The van der Waals surface area contributed by atoms with Crippen molar-refractivity contribution in [3.05, 3.63) is 53.5 Å². The third kappa shape index (κ3) is 10.7. The highest BCUT2D eigenvalue weighted by atomic mass is 16.3. The van der Waals surface area contributed by atoms with Crippen LogP contribution in [0, 0.1) is 25.7 Å². The molecule has 0 amide bonds. The van der Waals surface area contributed by atoms with Crippen LogP contribution < -0.4 is 27.8 Å². The van der Waals surface area contributed by atoms with Gasteiger partial charge in [-0.15, -0.1) is 25.7 Å². The zero-order valence-electron chi connectivity index (χ0n) is 21.7. The van der Waals surface area contributed by atoms with Crippen molar-refractivity contribution in [2.24, 2.45) is 11.5 Å². The van der Waals surface area contributed by atoms with Crippen molar-refractivity contribution in [1.29, 1.82) is 0 Å². The largest absolute Gasteiger partial charge is 0.507 e. The molecule has 35 heavy (non-hydrogen) atoms. The van der Waals surface area contributed by atoms with Crippen molar-refractivity contribution in [3.63, 3.8) is 0 Å². The fraction of sp³-hybridized carbons (Fsp3) is 0.357. The van der Waals surface area contributed by atoms with Gasteiger partial charge in [0.1, 0.15) is 11.6 Å². The van der Waals surface area contributed by atoms with Crippen LogP contribution in [0.4, 0.5) is 11.5 Å². The third-order valence-corrected chi connectivity index (χ3v) is 5.30. The molecule has 0 radical (unpaired) electrons. The summed E-state index contributed by atoms with van der Waals surface area (Å²) in [6.45, 7) is 11.0. The summed E-state index contributed by atoms with van der Waals surface area (Å²) in [4.78, 5) is 2.86. The fourth-order valence-corrected chi connectivity index (χ4v) is 3.90. The summed E-state index contributed by atoms with van der Waals surface area (Å²) in [5.41, 5.74) is 21.1. The molecule has 2 aromatic rings. The first-order chi connectivity index (χ1) is 16.4. The molecule has 1 saturated heterocycles. The average molecular weight is 479 g/mol. The van der Waals surface area contributed by atoms with E-state index < -0.39 is 0 Å². The number of phenolic OH excluding ortho intramolecular Hbond substituents is 1. The number of nitrogen functional groups attached to an aromatic ring is 1. The Kier molecular flexibility index (Phi) is 12.7. The maximum absolute atomic E-state index is 10.1. The molecule has 190 valence electrons. The van der Waals surface area contributed by atoms with Crippen molar-refractivity contribution in [2.45, 2.75) is 65.0 Å². The van der Waals surface area contributed by atoms with E-state index in [9.17, 15) is 5.11 Å². The number of piperidine rings is 1. The molecule has 1 aliphatic rings. The van der Waals surface area contributed by atoms with E-state index in [0.29, 0.717) is 28.2 Å². The van der Waals surface area contributed by atoms with Crippen LogP contribution in [0.3, 0.4) is 0 Å². The van der Waals surface area contributed by atoms with Gasteiger partial charge in [-0.2, -0.15) is 0 Å². The van der Waals surface area contributed by atoms with Crippen LogP contribution in [0.25, 0.3) is 11.8 Å². The predicted molar refractivity (Wildman–Crippen MR) is 152 cm³/mol. The molecule has 1 aliphatic heterocycles. The minimum atomic E-state index is 0.0766. The topological polar surface area (TPSA) is 138 Å². The van der Waals surface area contributed by atoms with Gasteiger partial charge in [0.2, 0.25) is 0 Å². The lowest BCUT2D eigenvalue weighted by atomic mass is 9.83. The number of anilines is 2. The van der Waals surface area contributed by atoms with Crippen LogP contribution in [0.5, 0.6) is 5.75 Å². The molecule has 1 aromatic heterocycles. The Labute approximate surface area is 211 Å². The first-order valence-electron chi connectivity index (χ1n) is 11.3. The van der Waals surface area contributed by atoms with Crippen molar-refractivity contribution in [3.8, 4) is 31.4 Å². The molecule has 10 N–H and O–H groups in total. The lowest BCUT2D eigenvalue weighted by Crippen LogP contribution is -2.55. The Balaban J connectivity index is 0.000000691. The van der Waals surface area contributed by atoms with Crippen LogP contribution in [0.1, 0.15) is 65.0 Å². The molecule has 7 heteroatoms. The van der Waals surface area contributed by atoms with E-state index in [4.69, 9.17) is 17.2 Å². The molecule has 3 rings (SSSR count). The Morgan fingerprint density at radius 2 is 1.63 bits per heavy atom. The maximum atomic E-state index is 10.1. The predicted octanol–water partition coefficient (Wildman–Crippen LogP) is 4.81. The van der Waals surface area contributed by atoms with E-state index >= 15 is 0 Å². The summed E-state index contributed by atoms with van der Waals surface area (Å²) >= 11 is 0. The highest BCUT2D eigenvalue weighted by molar-refractivity contribution is 5.85. The number of H-pyrrole nitrogens is 1. The number of phenols is 1. The Bertz CT molecular complexity index is 1000. The number of aromatic hydroxyl groups is 1. The number of nitrogens with two attached hydrogens (primary N) is 3. The number of terminal acetylenes is 2. The highest BCUT2D eigenvalue weighted by Crippen LogP contribution is 2.29. The first-order valence-corrected chi connectivity index (χ1v) is 11.3. The van der Waals surface area contributed by atoms with Crippen molar-refractivity contribution < 1.29 is 5.11 Å². The van der Waals surface area contributed by atoms with Gasteiger partial charge in [-0.25, -0.2) is 0 Å². The van der Waals surface area contributed by atoms with E-state index in [1.165, 1.54) is 25.5 Å². The van der Waals surface area contributed by atoms with Crippen LogP contribution >= 0.6 is 0 Å². The third-order valence-electron chi connectivity index (χ3n) is 5.30. The molecule has 0 atom stereocenters. The molecule has 2 heterocycles. The van der Waals surface area contributed by atoms with Gasteiger partial charge in [-0.3, -0.25) is 0 Å². The molecule has 0 bridgehead atoms. The SMILES string of the molecule is C#C.C#C.C/C(=C/N)Nc1ccc(/C(N)=C/c2cc[nH]c2N)c(O)c1.CC1(C)CCCC(C)(C)N1. The zero-order valence-corrected chi connectivity index (χ0v) is 21.7. The molecule has 0 aliphatic carbocycles. The van der Waals surface area contributed by atoms with Gasteiger partial charge in [0.25, 0.3) is 0 Å². The lowest BCUT2D eigenvalue weighted by molar-refractivity contribution is 0.183. The van der Waals surface area contributed by atoms with E-state index in [0.717, 1.165) is 16.9 Å². The summed E-state index contributed by atoms with van der Waals surface area (Å²) in [6.07, 6.45) is 24.9. The number of hydrogen-bond acceptors (Lipinski definition) is 6. The first kappa shape index (κ1) is 31.1. The number of aromatic amines is 1. The van der Waals surface area contributed by atoms with Gasteiger partial charge in [-0.1, -0.05) is 0 Å². The van der Waals surface area contributed by atoms with Gasteiger partial charge in [-0.05, 0) is 78.2 Å². The van der Waals surface area contributed by atoms with Crippen molar-refractivity contribution >= 4 is 23.3 Å². The summed E-state index contributed by atoms with van der Waals surface area (Å²) in [5, 5.41) is 16.8. The number of aromatic nitrogens is 1. The number of nitrogens with one attached hydrogen (secondary N) is 3. The maximum Gasteiger partial charge on any atom is 0.126 e. The minimum Gasteiger partial charge on any atom is -0.507 e. The molecule has 7 nitrogen and oxygen atoms in total. The average Bonchev–Trinajstić information content (AvgIpc) is 3.19. The Hall–Kier alpha value is -3.94. The van der Waals surface area contributed by atoms with E-state index in [1.54, 1.807) is 24.4 Å². The Morgan fingerprint density at radius 3 is 2.03 bits per heavy atom. The molecule has 1 fully saturated rings. The molecule has 0 saturated carbocycles. The van der Waals surface area contributed by atoms with Crippen LogP contribution in [0.15, 0.2) is 42.4 Å². The number of hydrogen-bond donors (Lipinski definition) is 7. The number of allylic oxidation sites excluding steroid dienone is 1. The second-order valence-corrected chi connectivity index (χ2v) is 9.40. The van der Waals surface area contributed by atoms with Crippen LogP contribution in [0.2, 0.25) is 0 Å². The monoisotopic (exact) mass is 478 g/mol. The van der Waals surface area contributed by atoms with E-state index in [-0.39, 0.29) is 5.75 Å². The zero-order chi connectivity index (χ0) is 27.2. The quantitative estimate of drug-likeness (QED) is 0.315. The fourth-order valence-electron chi connectivity index (χ4n) is 3.90. The van der Waals surface area contributed by atoms with Gasteiger partial charge < -0.3 is 37.9 Å². The molecular weight excluding hydrogens is 436 g/mol. The molecular formula is C28H42N6O.